The molecule has 1 saturated heterocycles. The molecule has 1 aromatic carbocycles. The molecule has 0 unspecified atom stereocenters. The van der Waals surface area contributed by atoms with E-state index in [1.807, 2.05) is 11.8 Å². The quantitative estimate of drug-likeness (QED) is 0.878. The van der Waals surface area contributed by atoms with E-state index in [-0.39, 0.29) is 0 Å². The van der Waals surface area contributed by atoms with Gasteiger partial charge in [0, 0.05) is 13.1 Å². The highest BCUT2D eigenvalue weighted by Gasteiger charge is 2.28. The van der Waals surface area contributed by atoms with Crippen molar-refractivity contribution in [3.8, 4) is 0 Å². The van der Waals surface area contributed by atoms with Gasteiger partial charge in [-0.25, -0.2) is 0 Å². The first kappa shape index (κ1) is 13.9. The summed E-state index contributed by atoms with van der Waals surface area (Å²) in [5, 5.41) is 13.8. The van der Waals surface area contributed by atoms with Crippen LogP contribution in [0.15, 0.2) is 18.2 Å². The summed E-state index contributed by atoms with van der Waals surface area (Å²) in [5.74, 6) is 2.17. The Morgan fingerprint density at radius 1 is 1.22 bits per heavy atom. The van der Waals surface area contributed by atoms with E-state index in [9.17, 15) is 5.11 Å². The zero-order chi connectivity index (χ0) is 13.0. The van der Waals surface area contributed by atoms with E-state index in [4.69, 9.17) is 0 Å². The third-order valence-electron chi connectivity index (χ3n) is 3.78. The first-order valence-electron chi connectivity index (χ1n) is 6.66. The highest BCUT2D eigenvalue weighted by molar-refractivity contribution is 7.99. The van der Waals surface area contributed by atoms with Crippen molar-refractivity contribution >= 4 is 11.8 Å². The molecule has 1 fully saturated rings. The maximum atomic E-state index is 10.4. The van der Waals surface area contributed by atoms with Gasteiger partial charge in [-0.3, -0.25) is 0 Å². The summed E-state index contributed by atoms with van der Waals surface area (Å²) >= 11 is 1.94. The normalized spacial score (nSPS) is 18.8. The van der Waals surface area contributed by atoms with E-state index in [2.05, 4.69) is 37.4 Å². The molecule has 0 aliphatic carbocycles. The number of thioether (sulfide) groups is 1. The Balaban J connectivity index is 1.82. The lowest BCUT2D eigenvalue weighted by molar-refractivity contribution is 0.0320. The van der Waals surface area contributed by atoms with Gasteiger partial charge in [-0.15, -0.1) is 0 Å². The lowest BCUT2D eigenvalue weighted by Gasteiger charge is -2.32. The van der Waals surface area contributed by atoms with E-state index in [1.54, 1.807) is 0 Å². The van der Waals surface area contributed by atoms with Crippen LogP contribution >= 0.6 is 11.8 Å². The predicted molar refractivity (Wildman–Crippen MR) is 79.1 cm³/mol. The number of aryl methyl sites for hydroxylation is 2. The molecule has 2 rings (SSSR count). The minimum atomic E-state index is -0.481. The fourth-order valence-electron chi connectivity index (χ4n) is 2.28. The Bertz CT molecular complexity index is 399. The molecular formula is C15H23NOS. The van der Waals surface area contributed by atoms with Gasteiger partial charge in [-0.2, -0.15) is 11.8 Å². The average molecular weight is 265 g/mol. The number of hydrogen-bond donors (Lipinski definition) is 2. The molecule has 100 valence electrons. The molecule has 1 aromatic rings. The van der Waals surface area contributed by atoms with Gasteiger partial charge in [0.25, 0.3) is 0 Å². The van der Waals surface area contributed by atoms with Crippen LogP contribution in [0.3, 0.4) is 0 Å². The maximum Gasteiger partial charge on any atom is 0.0787 e. The highest BCUT2D eigenvalue weighted by atomic mass is 32.2. The van der Waals surface area contributed by atoms with E-state index in [1.165, 1.54) is 16.7 Å². The molecule has 1 aliphatic rings. The monoisotopic (exact) mass is 265 g/mol. The second-order valence-electron chi connectivity index (χ2n) is 5.36. The third kappa shape index (κ3) is 3.74. The van der Waals surface area contributed by atoms with Crippen LogP contribution in [-0.4, -0.2) is 28.8 Å². The third-order valence-corrected chi connectivity index (χ3v) is 4.76. The standard InChI is InChI=1S/C15H23NOS/c1-12-3-4-14(9-13(12)2)10-16-11-15(17)5-7-18-8-6-15/h3-4,9,16-17H,5-8,10-11H2,1-2H3. The predicted octanol–water partition coefficient (Wildman–Crippen LogP) is 2.65. The van der Waals surface area contributed by atoms with Crippen LogP contribution in [0, 0.1) is 13.8 Å². The first-order chi connectivity index (χ1) is 8.59. The number of aliphatic hydroxyl groups is 1. The largest absolute Gasteiger partial charge is 0.389 e. The molecule has 3 heteroatoms. The van der Waals surface area contributed by atoms with E-state index in [0.717, 1.165) is 30.9 Å². The molecule has 0 bridgehead atoms. The van der Waals surface area contributed by atoms with Crippen molar-refractivity contribution in [1.29, 1.82) is 0 Å². The van der Waals surface area contributed by atoms with Crippen molar-refractivity contribution in [2.24, 2.45) is 0 Å². The minimum absolute atomic E-state index is 0.481. The molecule has 0 radical (unpaired) electrons. The van der Waals surface area contributed by atoms with Crippen molar-refractivity contribution < 1.29 is 5.11 Å². The first-order valence-corrected chi connectivity index (χ1v) is 7.82. The lowest BCUT2D eigenvalue weighted by Crippen LogP contribution is -2.43. The van der Waals surface area contributed by atoms with Crippen LogP contribution in [0.25, 0.3) is 0 Å². The zero-order valence-electron chi connectivity index (χ0n) is 11.3. The number of hydrogen-bond acceptors (Lipinski definition) is 3. The van der Waals surface area contributed by atoms with Gasteiger partial charge >= 0.3 is 0 Å². The van der Waals surface area contributed by atoms with Crippen LogP contribution in [0.4, 0.5) is 0 Å². The summed E-state index contributed by atoms with van der Waals surface area (Å²) in [6.07, 6.45) is 1.83. The Hall–Kier alpha value is -0.510. The number of benzene rings is 1. The van der Waals surface area contributed by atoms with Crippen molar-refractivity contribution in [3.63, 3.8) is 0 Å². The van der Waals surface area contributed by atoms with Crippen LogP contribution < -0.4 is 5.32 Å². The van der Waals surface area contributed by atoms with Gasteiger partial charge in [0.05, 0.1) is 5.60 Å². The topological polar surface area (TPSA) is 32.3 Å². The lowest BCUT2D eigenvalue weighted by atomic mass is 9.97. The van der Waals surface area contributed by atoms with E-state index >= 15 is 0 Å². The Morgan fingerprint density at radius 3 is 2.61 bits per heavy atom. The number of nitrogens with one attached hydrogen (secondary N) is 1. The van der Waals surface area contributed by atoms with Gasteiger partial charge < -0.3 is 10.4 Å². The second-order valence-corrected chi connectivity index (χ2v) is 6.58. The molecule has 0 amide bonds. The van der Waals surface area contributed by atoms with Gasteiger partial charge in [0.1, 0.15) is 0 Å². The zero-order valence-corrected chi connectivity index (χ0v) is 12.1. The van der Waals surface area contributed by atoms with Crippen LogP contribution in [-0.2, 0) is 6.54 Å². The smallest absolute Gasteiger partial charge is 0.0787 e. The summed E-state index contributed by atoms with van der Waals surface area (Å²) in [6, 6.07) is 6.55. The van der Waals surface area contributed by atoms with Crippen molar-refractivity contribution in [2.45, 2.75) is 38.8 Å². The van der Waals surface area contributed by atoms with Crippen molar-refractivity contribution in [2.75, 3.05) is 18.1 Å². The van der Waals surface area contributed by atoms with Gasteiger partial charge in [-0.1, -0.05) is 18.2 Å². The minimum Gasteiger partial charge on any atom is -0.389 e. The second kappa shape index (κ2) is 6.09. The van der Waals surface area contributed by atoms with Crippen molar-refractivity contribution in [1.82, 2.24) is 5.32 Å². The summed E-state index contributed by atoms with van der Waals surface area (Å²) in [4.78, 5) is 0. The van der Waals surface area contributed by atoms with Gasteiger partial charge in [0.15, 0.2) is 0 Å². The van der Waals surface area contributed by atoms with Crippen LogP contribution in [0.1, 0.15) is 29.5 Å². The fourth-order valence-corrected chi connectivity index (χ4v) is 3.53. The molecule has 0 atom stereocenters. The Kier molecular flexibility index (Phi) is 4.71. The summed E-state index contributed by atoms with van der Waals surface area (Å²) in [7, 11) is 0. The fraction of sp³-hybridized carbons (Fsp3) is 0.600. The highest BCUT2D eigenvalue weighted by Crippen LogP contribution is 2.26. The van der Waals surface area contributed by atoms with Gasteiger partial charge in [-0.05, 0) is 54.9 Å². The van der Waals surface area contributed by atoms with E-state index < -0.39 is 5.60 Å². The molecular weight excluding hydrogens is 242 g/mol. The van der Waals surface area contributed by atoms with Crippen LogP contribution in [0.2, 0.25) is 0 Å². The summed E-state index contributed by atoms with van der Waals surface area (Å²) in [5.41, 5.74) is 3.49. The Labute approximate surface area is 114 Å². The Morgan fingerprint density at radius 2 is 1.94 bits per heavy atom. The molecule has 18 heavy (non-hydrogen) atoms. The van der Waals surface area contributed by atoms with Crippen LogP contribution in [0.5, 0.6) is 0 Å². The molecule has 0 saturated carbocycles. The average Bonchev–Trinajstić information content (AvgIpc) is 2.34. The SMILES string of the molecule is Cc1ccc(CNCC2(O)CCSCC2)cc1C. The number of rotatable bonds is 4. The molecule has 2 N–H and O–H groups in total. The molecule has 1 aliphatic heterocycles. The van der Waals surface area contributed by atoms with Crippen molar-refractivity contribution in [3.05, 3.63) is 34.9 Å². The maximum absolute atomic E-state index is 10.4. The summed E-state index contributed by atoms with van der Waals surface area (Å²) in [6.45, 7) is 5.83. The summed E-state index contributed by atoms with van der Waals surface area (Å²) < 4.78 is 0. The van der Waals surface area contributed by atoms with E-state index in [0.29, 0.717) is 6.54 Å². The molecule has 2 nitrogen and oxygen atoms in total. The van der Waals surface area contributed by atoms with Gasteiger partial charge in [0.2, 0.25) is 0 Å². The molecule has 0 aromatic heterocycles. The molecule has 1 heterocycles. The molecule has 0 spiro atoms.